The molecule has 1 aromatic rings. The first-order chi connectivity index (χ1) is 10.8. The molecule has 3 heterocycles. The van der Waals surface area contributed by atoms with E-state index in [1.165, 1.54) is 0 Å². The number of morpholine rings is 1. The van der Waals surface area contributed by atoms with Crippen LogP contribution in [0.1, 0.15) is 45.6 Å². The zero-order valence-electron chi connectivity index (χ0n) is 14.6. The predicted octanol–water partition coefficient (Wildman–Crippen LogP) is 0.989. The molecule has 6 nitrogen and oxygen atoms in total. The maximum Gasteiger partial charge on any atom is 0.240 e. The highest BCUT2D eigenvalue weighted by Gasteiger charge is 2.31. The van der Waals surface area contributed by atoms with Crippen molar-refractivity contribution in [3.8, 4) is 0 Å². The summed E-state index contributed by atoms with van der Waals surface area (Å²) >= 11 is 0. The van der Waals surface area contributed by atoms with Crippen molar-refractivity contribution in [2.75, 3.05) is 13.2 Å². The van der Waals surface area contributed by atoms with Gasteiger partial charge in [-0.1, -0.05) is 20.8 Å². The third kappa shape index (κ3) is 3.58. The summed E-state index contributed by atoms with van der Waals surface area (Å²) < 4.78 is 7.76. The summed E-state index contributed by atoms with van der Waals surface area (Å²) in [6, 6.07) is -0.0917. The first-order valence-corrected chi connectivity index (χ1v) is 8.56. The Balaban J connectivity index is 1.63. The lowest BCUT2D eigenvalue weighted by molar-refractivity contribution is -0.129. The monoisotopic (exact) mass is 320 g/mol. The number of rotatable bonds is 2. The molecule has 1 fully saturated rings. The van der Waals surface area contributed by atoms with E-state index >= 15 is 0 Å². The first-order valence-electron chi connectivity index (χ1n) is 8.56. The lowest BCUT2D eigenvalue weighted by Gasteiger charge is -2.32. The minimum atomic E-state index is -0.252. The van der Waals surface area contributed by atoms with Crippen molar-refractivity contribution in [1.82, 2.24) is 20.2 Å². The molecule has 3 atom stereocenters. The van der Waals surface area contributed by atoms with Crippen LogP contribution < -0.4 is 10.6 Å². The number of ether oxygens (including phenoxy) is 1. The van der Waals surface area contributed by atoms with E-state index in [0.717, 1.165) is 37.4 Å². The van der Waals surface area contributed by atoms with E-state index in [1.54, 1.807) is 0 Å². The normalized spacial score (nSPS) is 28.3. The van der Waals surface area contributed by atoms with E-state index < -0.39 is 0 Å². The van der Waals surface area contributed by atoms with Crippen LogP contribution in [-0.2, 0) is 27.9 Å². The van der Waals surface area contributed by atoms with Gasteiger partial charge in [0.25, 0.3) is 0 Å². The molecule has 0 spiro atoms. The molecule has 1 aromatic heterocycles. The van der Waals surface area contributed by atoms with Gasteiger partial charge in [0, 0.05) is 37.2 Å². The summed E-state index contributed by atoms with van der Waals surface area (Å²) in [5, 5.41) is 6.42. The Morgan fingerprint density at radius 1 is 1.48 bits per heavy atom. The zero-order valence-corrected chi connectivity index (χ0v) is 14.6. The molecule has 23 heavy (non-hydrogen) atoms. The average molecular weight is 320 g/mol. The van der Waals surface area contributed by atoms with Gasteiger partial charge in [-0.15, -0.1) is 0 Å². The number of aromatic nitrogens is 2. The third-order valence-electron chi connectivity index (χ3n) is 4.71. The van der Waals surface area contributed by atoms with Gasteiger partial charge in [-0.05, 0) is 13.3 Å². The highest BCUT2D eigenvalue weighted by atomic mass is 16.5. The number of carbonyl (C=O) groups excluding carboxylic acids is 1. The fraction of sp³-hybridized carbons (Fsp3) is 0.765. The Bertz CT molecular complexity index is 576. The summed E-state index contributed by atoms with van der Waals surface area (Å²) in [5.41, 5.74) is 1.18. The molecule has 0 radical (unpaired) electrons. The van der Waals surface area contributed by atoms with Crippen molar-refractivity contribution < 1.29 is 9.53 Å². The standard InChI is InChI=1S/C17H28N4O2/c1-11-15(18-7-8-23-11)16(22)19-12-5-6-14-20-13(17(2,3)4)10-21(14)9-12/h10-12,15,18H,5-9H2,1-4H3,(H,19,22)/t11-,12?,15+/m1/s1. The highest BCUT2D eigenvalue weighted by molar-refractivity contribution is 5.82. The van der Waals surface area contributed by atoms with Crippen LogP contribution in [0.15, 0.2) is 6.20 Å². The van der Waals surface area contributed by atoms with Crippen LogP contribution in [0.5, 0.6) is 0 Å². The van der Waals surface area contributed by atoms with Crippen molar-refractivity contribution >= 4 is 5.91 Å². The van der Waals surface area contributed by atoms with E-state index in [4.69, 9.17) is 9.72 Å². The second kappa shape index (κ2) is 6.24. The molecule has 1 saturated heterocycles. The van der Waals surface area contributed by atoms with E-state index in [1.807, 2.05) is 6.92 Å². The number of nitrogens with zero attached hydrogens (tertiary/aromatic N) is 2. The minimum absolute atomic E-state index is 0.0433. The van der Waals surface area contributed by atoms with Gasteiger partial charge in [0.1, 0.15) is 11.9 Å². The van der Waals surface area contributed by atoms with E-state index in [9.17, 15) is 4.79 Å². The molecule has 1 unspecified atom stereocenters. The van der Waals surface area contributed by atoms with Crippen molar-refractivity contribution in [2.45, 2.75) is 70.7 Å². The quantitative estimate of drug-likeness (QED) is 0.853. The van der Waals surface area contributed by atoms with Gasteiger partial charge in [0.15, 0.2) is 0 Å². The molecule has 2 N–H and O–H groups in total. The van der Waals surface area contributed by atoms with Gasteiger partial charge in [0.2, 0.25) is 5.91 Å². The number of hydrogen-bond donors (Lipinski definition) is 2. The molecule has 0 aromatic carbocycles. The number of fused-ring (bicyclic) bond motifs is 1. The maximum atomic E-state index is 12.5. The Hall–Kier alpha value is -1.40. The van der Waals surface area contributed by atoms with Crippen LogP contribution in [0.2, 0.25) is 0 Å². The number of hydrogen-bond acceptors (Lipinski definition) is 4. The third-order valence-corrected chi connectivity index (χ3v) is 4.71. The van der Waals surface area contributed by atoms with E-state index in [-0.39, 0.29) is 29.5 Å². The van der Waals surface area contributed by atoms with Crippen molar-refractivity contribution in [3.05, 3.63) is 17.7 Å². The van der Waals surface area contributed by atoms with Gasteiger partial charge in [-0.2, -0.15) is 0 Å². The molecule has 0 saturated carbocycles. The van der Waals surface area contributed by atoms with Crippen LogP contribution in [-0.4, -0.2) is 46.8 Å². The average Bonchev–Trinajstić information content (AvgIpc) is 2.91. The van der Waals surface area contributed by atoms with Gasteiger partial charge < -0.3 is 19.9 Å². The number of nitrogens with one attached hydrogen (secondary N) is 2. The first kappa shape index (κ1) is 16.5. The van der Waals surface area contributed by atoms with Crippen molar-refractivity contribution in [1.29, 1.82) is 0 Å². The van der Waals surface area contributed by atoms with Crippen LogP contribution in [0, 0.1) is 0 Å². The highest BCUT2D eigenvalue weighted by Crippen LogP contribution is 2.24. The zero-order chi connectivity index (χ0) is 16.6. The lowest BCUT2D eigenvalue weighted by Crippen LogP contribution is -2.57. The van der Waals surface area contributed by atoms with Crippen LogP contribution in [0.3, 0.4) is 0 Å². The predicted molar refractivity (Wildman–Crippen MR) is 88.4 cm³/mol. The summed E-state index contributed by atoms with van der Waals surface area (Å²) in [5.74, 6) is 1.18. The van der Waals surface area contributed by atoms with Crippen LogP contribution >= 0.6 is 0 Å². The van der Waals surface area contributed by atoms with Crippen molar-refractivity contribution in [3.63, 3.8) is 0 Å². The minimum Gasteiger partial charge on any atom is -0.375 e. The number of carbonyl (C=O) groups is 1. The molecular weight excluding hydrogens is 292 g/mol. The maximum absolute atomic E-state index is 12.5. The Morgan fingerprint density at radius 2 is 2.26 bits per heavy atom. The van der Waals surface area contributed by atoms with Gasteiger partial charge in [-0.25, -0.2) is 4.98 Å². The van der Waals surface area contributed by atoms with Crippen LogP contribution in [0.25, 0.3) is 0 Å². The van der Waals surface area contributed by atoms with E-state index in [2.05, 4.69) is 42.2 Å². The van der Waals surface area contributed by atoms with Crippen LogP contribution in [0.4, 0.5) is 0 Å². The molecule has 3 rings (SSSR count). The molecule has 0 bridgehead atoms. The Labute approximate surface area is 138 Å². The summed E-state index contributed by atoms with van der Waals surface area (Å²) in [6.45, 7) is 10.7. The SMILES string of the molecule is C[C@H]1OCCN[C@@H]1C(=O)NC1CCc2nc(C(C)(C)C)cn2C1. The fourth-order valence-electron chi connectivity index (χ4n) is 3.24. The number of aryl methyl sites for hydroxylation is 1. The Morgan fingerprint density at radius 3 is 2.96 bits per heavy atom. The molecular formula is C17H28N4O2. The molecule has 6 heteroatoms. The second-order valence-corrected chi connectivity index (χ2v) is 7.70. The Kier molecular flexibility index (Phi) is 4.47. The van der Waals surface area contributed by atoms with Gasteiger partial charge in [0.05, 0.1) is 18.4 Å². The second-order valence-electron chi connectivity index (χ2n) is 7.70. The fourth-order valence-corrected chi connectivity index (χ4v) is 3.24. The molecule has 2 aliphatic rings. The summed E-state index contributed by atoms with van der Waals surface area (Å²) in [7, 11) is 0. The molecule has 2 aliphatic heterocycles. The van der Waals surface area contributed by atoms with E-state index in [0.29, 0.717) is 6.61 Å². The topological polar surface area (TPSA) is 68.2 Å². The molecule has 128 valence electrons. The summed E-state index contributed by atoms with van der Waals surface area (Å²) in [6.07, 6.45) is 3.90. The lowest BCUT2D eigenvalue weighted by atomic mass is 9.93. The van der Waals surface area contributed by atoms with Gasteiger partial charge >= 0.3 is 0 Å². The molecule has 0 aliphatic carbocycles. The molecule has 1 amide bonds. The largest absolute Gasteiger partial charge is 0.375 e. The smallest absolute Gasteiger partial charge is 0.240 e. The summed E-state index contributed by atoms with van der Waals surface area (Å²) in [4.78, 5) is 17.2. The van der Waals surface area contributed by atoms with Gasteiger partial charge in [-0.3, -0.25) is 4.79 Å². The number of amides is 1. The number of imidazole rings is 1. The van der Waals surface area contributed by atoms with Crippen molar-refractivity contribution in [2.24, 2.45) is 0 Å².